The highest BCUT2D eigenvalue weighted by atomic mass is 32.1. The first-order valence-corrected chi connectivity index (χ1v) is 5.71. The van der Waals surface area contributed by atoms with E-state index in [4.69, 9.17) is 5.73 Å². The van der Waals surface area contributed by atoms with Gasteiger partial charge < -0.3 is 5.73 Å². The number of nitrogen functional groups attached to an aromatic ring is 1. The quantitative estimate of drug-likeness (QED) is 0.844. The second-order valence-corrected chi connectivity index (χ2v) is 4.66. The van der Waals surface area contributed by atoms with Gasteiger partial charge in [0.15, 0.2) is 5.82 Å². The van der Waals surface area contributed by atoms with Gasteiger partial charge in [0.25, 0.3) is 0 Å². The highest BCUT2D eigenvalue weighted by Gasteiger charge is 2.06. The minimum atomic E-state index is 0.544. The van der Waals surface area contributed by atoms with E-state index in [9.17, 15) is 0 Å². The molecule has 0 atom stereocenters. The summed E-state index contributed by atoms with van der Waals surface area (Å²) >= 11 is 1.69. The number of hydrogen-bond acceptors (Lipinski definition) is 4. The summed E-state index contributed by atoms with van der Waals surface area (Å²) in [5.41, 5.74) is 6.72. The van der Waals surface area contributed by atoms with Crippen molar-refractivity contribution in [3.8, 4) is 10.7 Å². The zero-order valence-electron chi connectivity index (χ0n) is 8.82. The number of rotatable bonds is 2. The molecular weight excluding hydrogens is 206 g/mol. The number of aromatic nitrogens is 2. The maximum Gasteiger partial charge on any atom is 0.171 e. The summed E-state index contributed by atoms with van der Waals surface area (Å²) in [4.78, 5) is 11.0. The monoisotopic (exact) mass is 219 g/mol. The van der Waals surface area contributed by atoms with Crippen molar-refractivity contribution in [3.05, 3.63) is 28.8 Å². The Hall–Kier alpha value is -1.42. The number of anilines is 1. The molecule has 0 saturated carbocycles. The van der Waals surface area contributed by atoms with E-state index in [1.807, 2.05) is 12.1 Å². The number of aryl methyl sites for hydroxylation is 2. The smallest absolute Gasteiger partial charge is 0.171 e. The van der Waals surface area contributed by atoms with Crippen molar-refractivity contribution in [2.75, 3.05) is 5.73 Å². The van der Waals surface area contributed by atoms with Crippen LogP contribution < -0.4 is 5.73 Å². The lowest BCUT2D eigenvalue weighted by Gasteiger charge is -2.01. The van der Waals surface area contributed by atoms with Crippen molar-refractivity contribution in [2.24, 2.45) is 0 Å². The Balaban J connectivity index is 2.48. The standard InChI is InChI=1S/C11H13N3S/c1-3-8-6-10(12)14-11(13-8)9-5-4-7(2)15-9/h4-6H,3H2,1-2H3,(H2,12,13,14). The molecule has 0 amide bonds. The van der Waals surface area contributed by atoms with E-state index in [1.165, 1.54) is 4.88 Å². The van der Waals surface area contributed by atoms with Crippen molar-refractivity contribution in [1.29, 1.82) is 0 Å². The van der Waals surface area contributed by atoms with Crippen LogP contribution in [0.15, 0.2) is 18.2 Å². The van der Waals surface area contributed by atoms with E-state index < -0.39 is 0 Å². The van der Waals surface area contributed by atoms with Crippen LogP contribution in [-0.4, -0.2) is 9.97 Å². The van der Waals surface area contributed by atoms with Crippen molar-refractivity contribution in [3.63, 3.8) is 0 Å². The normalized spacial score (nSPS) is 10.5. The number of thiophene rings is 1. The molecule has 0 spiro atoms. The topological polar surface area (TPSA) is 51.8 Å². The molecule has 0 radical (unpaired) electrons. The van der Waals surface area contributed by atoms with E-state index >= 15 is 0 Å². The Kier molecular flexibility index (Phi) is 2.68. The number of hydrogen-bond donors (Lipinski definition) is 1. The Morgan fingerprint density at radius 1 is 1.33 bits per heavy atom. The molecule has 2 N–H and O–H groups in total. The minimum absolute atomic E-state index is 0.544. The largest absolute Gasteiger partial charge is 0.384 e. The summed E-state index contributed by atoms with van der Waals surface area (Å²) < 4.78 is 0. The zero-order valence-corrected chi connectivity index (χ0v) is 9.64. The molecule has 0 bridgehead atoms. The van der Waals surface area contributed by atoms with Crippen molar-refractivity contribution in [1.82, 2.24) is 9.97 Å². The fourth-order valence-corrected chi connectivity index (χ4v) is 2.17. The summed E-state index contributed by atoms with van der Waals surface area (Å²) in [5.74, 6) is 1.29. The molecule has 0 aliphatic carbocycles. The lowest BCUT2D eigenvalue weighted by Crippen LogP contribution is -1.98. The molecular formula is C11H13N3S. The van der Waals surface area contributed by atoms with Gasteiger partial charge in [0.2, 0.25) is 0 Å². The maximum absolute atomic E-state index is 5.73. The predicted molar refractivity (Wildman–Crippen MR) is 63.9 cm³/mol. The molecule has 0 aromatic carbocycles. The summed E-state index contributed by atoms with van der Waals surface area (Å²) in [5, 5.41) is 0. The zero-order chi connectivity index (χ0) is 10.8. The van der Waals surface area contributed by atoms with Gasteiger partial charge in [-0.1, -0.05) is 6.92 Å². The second-order valence-electron chi connectivity index (χ2n) is 3.37. The molecule has 0 fully saturated rings. The van der Waals surface area contributed by atoms with E-state index in [0.29, 0.717) is 5.82 Å². The van der Waals surface area contributed by atoms with Crippen LogP contribution >= 0.6 is 11.3 Å². The molecule has 0 aliphatic heterocycles. The molecule has 0 saturated heterocycles. The van der Waals surface area contributed by atoms with E-state index in [0.717, 1.165) is 22.8 Å². The van der Waals surface area contributed by atoms with E-state index in [1.54, 1.807) is 11.3 Å². The van der Waals surface area contributed by atoms with Gasteiger partial charge in [-0.05, 0) is 25.5 Å². The second kappa shape index (κ2) is 3.98. The lowest BCUT2D eigenvalue weighted by molar-refractivity contribution is 1.01. The van der Waals surface area contributed by atoms with Gasteiger partial charge in [0, 0.05) is 16.6 Å². The first-order chi connectivity index (χ1) is 7.19. The van der Waals surface area contributed by atoms with Gasteiger partial charge in [-0.15, -0.1) is 11.3 Å². The van der Waals surface area contributed by atoms with Crippen LogP contribution in [0, 0.1) is 6.92 Å². The van der Waals surface area contributed by atoms with Crippen LogP contribution in [-0.2, 0) is 6.42 Å². The molecule has 4 heteroatoms. The van der Waals surface area contributed by atoms with Gasteiger partial charge >= 0.3 is 0 Å². The Labute approximate surface area is 93.0 Å². The highest BCUT2D eigenvalue weighted by Crippen LogP contribution is 2.25. The van der Waals surface area contributed by atoms with Crippen LogP contribution in [0.2, 0.25) is 0 Å². The highest BCUT2D eigenvalue weighted by molar-refractivity contribution is 7.15. The number of nitrogens with two attached hydrogens (primary N) is 1. The van der Waals surface area contributed by atoms with Crippen LogP contribution in [0.25, 0.3) is 10.7 Å². The fraction of sp³-hybridized carbons (Fsp3) is 0.273. The Morgan fingerprint density at radius 3 is 2.73 bits per heavy atom. The predicted octanol–water partition coefficient (Wildman–Crippen LogP) is 2.66. The third-order valence-electron chi connectivity index (χ3n) is 2.12. The summed E-state index contributed by atoms with van der Waals surface area (Å²) in [7, 11) is 0. The molecule has 2 heterocycles. The number of nitrogens with zero attached hydrogens (tertiary/aromatic N) is 2. The lowest BCUT2D eigenvalue weighted by atomic mass is 10.3. The van der Waals surface area contributed by atoms with Gasteiger partial charge in [-0.3, -0.25) is 0 Å². The maximum atomic E-state index is 5.73. The SMILES string of the molecule is CCc1cc(N)nc(-c2ccc(C)s2)n1. The average molecular weight is 219 g/mol. The minimum Gasteiger partial charge on any atom is -0.384 e. The fourth-order valence-electron chi connectivity index (χ4n) is 1.36. The average Bonchev–Trinajstić information content (AvgIpc) is 2.64. The van der Waals surface area contributed by atoms with Crippen LogP contribution in [0.1, 0.15) is 17.5 Å². The Bertz CT molecular complexity index is 476. The first-order valence-electron chi connectivity index (χ1n) is 4.89. The van der Waals surface area contributed by atoms with Crippen LogP contribution in [0.4, 0.5) is 5.82 Å². The van der Waals surface area contributed by atoms with Crippen molar-refractivity contribution >= 4 is 17.2 Å². The molecule has 78 valence electrons. The van der Waals surface area contributed by atoms with Gasteiger partial charge in [0.05, 0.1) is 4.88 Å². The summed E-state index contributed by atoms with van der Waals surface area (Å²) in [6.45, 7) is 4.13. The van der Waals surface area contributed by atoms with Gasteiger partial charge in [0.1, 0.15) is 5.82 Å². The van der Waals surface area contributed by atoms with Gasteiger partial charge in [-0.2, -0.15) is 0 Å². The molecule has 2 rings (SSSR count). The molecule has 0 aliphatic rings. The third-order valence-corrected chi connectivity index (χ3v) is 3.12. The van der Waals surface area contributed by atoms with Crippen LogP contribution in [0.3, 0.4) is 0 Å². The molecule has 0 unspecified atom stereocenters. The van der Waals surface area contributed by atoms with Crippen molar-refractivity contribution in [2.45, 2.75) is 20.3 Å². The van der Waals surface area contributed by atoms with E-state index in [2.05, 4.69) is 29.9 Å². The third kappa shape index (κ3) is 2.15. The summed E-state index contributed by atoms with van der Waals surface area (Å²) in [6, 6.07) is 5.93. The molecule has 3 nitrogen and oxygen atoms in total. The van der Waals surface area contributed by atoms with Crippen LogP contribution in [0.5, 0.6) is 0 Å². The molecule has 2 aromatic rings. The Morgan fingerprint density at radius 2 is 2.13 bits per heavy atom. The molecule has 15 heavy (non-hydrogen) atoms. The van der Waals surface area contributed by atoms with Crippen molar-refractivity contribution < 1.29 is 0 Å². The first kappa shape index (κ1) is 10.1. The summed E-state index contributed by atoms with van der Waals surface area (Å²) in [6.07, 6.45) is 0.879. The molecule has 2 aromatic heterocycles. The van der Waals surface area contributed by atoms with Gasteiger partial charge in [-0.25, -0.2) is 9.97 Å². The van der Waals surface area contributed by atoms with E-state index in [-0.39, 0.29) is 0 Å².